The van der Waals surface area contributed by atoms with E-state index in [1.165, 1.54) is 6.92 Å². The summed E-state index contributed by atoms with van der Waals surface area (Å²) in [4.78, 5) is 225. The fraction of sp³-hybridized carbons (Fsp3) is 0.676. The second kappa shape index (κ2) is 51.6. The minimum absolute atomic E-state index is 0.0190. The molecule has 44 nitrogen and oxygen atoms in total. The van der Waals surface area contributed by atoms with Crippen molar-refractivity contribution < 1.29 is 132 Å². The van der Waals surface area contributed by atoms with Crippen molar-refractivity contribution in [2.24, 2.45) is 34.8 Å². The van der Waals surface area contributed by atoms with Crippen LogP contribution < -0.4 is 86.7 Å². The van der Waals surface area contributed by atoms with Gasteiger partial charge in [-0.15, -0.1) is 0 Å². The van der Waals surface area contributed by atoms with Crippen LogP contribution in [0.5, 0.6) is 0 Å². The van der Waals surface area contributed by atoms with Gasteiger partial charge < -0.3 is 142 Å². The number of ether oxygens (including phenoxy) is 2. The van der Waals surface area contributed by atoms with Crippen molar-refractivity contribution in [1.82, 2.24) is 68.7 Å². The number of likely N-dealkylation sites (tertiary alicyclic amines) is 1. The van der Waals surface area contributed by atoms with E-state index in [9.17, 15) is 122 Å². The van der Waals surface area contributed by atoms with E-state index < -0.39 is 269 Å². The molecule has 0 aromatic heterocycles. The summed E-state index contributed by atoms with van der Waals surface area (Å²) >= 11 is 0. The highest BCUT2D eigenvalue weighted by molar-refractivity contribution is 5.98. The van der Waals surface area contributed by atoms with Crippen molar-refractivity contribution in [2.45, 2.75) is 234 Å². The SMILES string of the molecule is CC[C@H](C)[C@H](NC(=O)CN)C(=O)N[C@@H](C)C(=O)NCCC[C@@H](Cc1ccccc1)C(=O)NC(CC[C@H](CN)O[C@@H]1O[C@H](CO)[C@H](O)[C@H](O)[C@H]1O)C(=O)NCC(=O)N[C@@H](CCC(=O)O)C(=O)N[C@@H](CCC(N)=O)C(=O)NCC(=O)N1CCC[C@H]1C(=O)N[C@@H](CCCCN)C(=O)NCC(=O)N[C@@H](CCC(=O)O)C(=O)N[C@H](C(=O)O)[C@@H](C)O. The lowest BCUT2D eigenvalue weighted by Gasteiger charge is -2.40. The number of aliphatic carboxylic acids is 3. The van der Waals surface area contributed by atoms with Crippen molar-refractivity contribution in [1.29, 1.82) is 0 Å². The summed E-state index contributed by atoms with van der Waals surface area (Å²) in [5.74, 6) is -18.6. The lowest BCUT2D eigenvalue weighted by Crippen LogP contribution is -2.60. The number of nitrogens with two attached hydrogens (primary N) is 4. The molecule has 44 heteroatoms. The second-order valence-electron chi connectivity index (χ2n) is 28.0. The number of carbonyl (C=O) groups is 17. The summed E-state index contributed by atoms with van der Waals surface area (Å²) in [6.07, 6.45) is -14.0. The van der Waals surface area contributed by atoms with Gasteiger partial charge in [0, 0.05) is 44.8 Å². The predicted octanol–water partition coefficient (Wildman–Crippen LogP) is -9.50. The van der Waals surface area contributed by atoms with Crippen molar-refractivity contribution in [2.75, 3.05) is 59.0 Å². The molecule has 1 unspecified atom stereocenters. The van der Waals surface area contributed by atoms with E-state index in [1.54, 1.807) is 37.3 Å². The number of carboxylic acids is 3. The maximum Gasteiger partial charge on any atom is 0.328 e. The van der Waals surface area contributed by atoms with Gasteiger partial charge in [-0.1, -0.05) is 50.6 Å². The first kappa shape index (κ1) is 99.0. The number of amides is 14. The number of carbonyl (C=O) groups excluding carboxylic acids is 14. The molecule has 1 aromatic carbocycles. The quantitative estimate of drug-likeness (QED) is 0.0269. The summed E-state index contributed by atoms with van der Waals surface area (Å²) in [5.41, 5.74) is 23.3. The summed E-state index contributed by atoms with van der Waals surface area (Å²) in [6, 6.07) is -4.65. The number of hydrogen-bond acceptors (Lipinski definition) is 27. The number of aliphatic hydroxyl groups excluding tert-OH is 5. The molecule has 14 amide bonds. The van der Waals surface area contributed by atoms with Crippen LogP contribution >= 0.6 is 0 Å². The highest BCUT2D eigenvalue weighted by Crippen LogP contribution is 2.25. The van der Waals surface area contributed by atoms with Crippen molar-refractivity contribution in [3.05, 3.63) is 35.9 Å². The van der Waals surface area contributed by atoms with Crippen LogP contribution in [-0.4, -0.2) is 303 Å². The molecular weight excluding hydrogens is 1520 g/mol. The highest BCUT2D eigenvalue weighted by atomic mass is 16.7. The lowest BCUT2D eigenvalue weighted by atomic mass is 9.93. The topological polar surface area (TPSA) is 722 Å². The van der Waals surface area contributed by atoms with Gasteiger partial charge >= 0.3 is 17.9 Å². The maximum absolute atomic E-state index is 14.6. The number of aliphatic hydroxyl groups is 5. The summed E-state index contributed by atoms with van der Waals surface area (Å²) in [7, 11) is 0. The molecule has 0 saturated carbocycles. The zero-order valence-electron chi connectivity index (χ0n) is 64.8. The first-order chi connectivity index (χ1) is 54.4. The van der Waals surface area contributed by atoms with Gasteiger partial charge in [0.05, 0.1) is 45.0 Å². The minimum atomic E-state index is -1.87. The highest BCUT2D eigenvalue weighted by Gasteiger charge is 2.45. The average Bonchev–Trinajstić information content (AvgIpc) is 1.82. The molecule has 2 fully saturated rings. The monoisotopic (exact) mass is 1640 g/mol. The number of nitrogens with zero attached hydrogens (tertiary/aromatic N) is 1. The van der Waals surface area contributed by atoms with Crippen molar-refractivity contribution in [3.8, 4) is 0 Å². The molecule has 28 N–H and O–H groups in total. The van der Waals surface area contributed by atoms with Gasteiger partial charge in [-0.05, 0) is 115 Å². The summed E-state index contributed by atoms with van der Waals surface area (Å²) < 4.78 is 11.4. The Balaban J connectivity index is 1.83. The van der Waals surface area contributed by atoms with E-state index in [-0.39, 0.29) is 96.4 Å². The van der Waals surface area contributed by atoms with E-state index in [4.69, 9.17) is 32.4 Å². The molecule has 18 atom stereocenters. The third kappa shape index (κ3) is 35.2. The smallest absolute Gasteiger partial charge is 0.328 e. The first-order valence-electron chi connectivity index (χ1n) is 37.9. The maximum atomic E-state index is 14.6. The molecule has 2 aliphatic rings. The Kier molecular flexibility index (Phi) is 44.4. The number of benzene rings is 1. The van der Waals surface area contributed by atoms with Crippen LogP contribution in [0.25, 0.3) is 0 Å². The van der Waals surface area contributed by atoms with Crippen LogP contribution in [-0.2, 0) is 97.4 Å². The van der Waals surface area contributed by atoms with E-state index in [2.05, 4.69) is 58.5 Å². The zero-order valence-corrected chi connectivity index (χ0v) is 64.8. The molecule has 2 heterocycles. The molecule has 1 aromatic rings. The zero-order chi connectivity index (χ0) is 86.2. The van der Waals surface area contributed by atoms with Crippen molar-refractivity contribution >= 4 is 101 Å². The average molecular weight is 1640 g/mol. The van der Waals surface area contributed by atoms with Gasteiger partial charge in [0.2, 0.25) is 82.7 Å². The summed E-state index contributed by atoms with van der Waals surface area (Å²) in [6.45, 7) is 1.95. The molecule has 646 valence electrons. The Labute approximate surface area is 662 Å². The predicted molar refractivity (Wildman–Crippen MR) is 401 cm³/mol. The molecule has 115 heavy (non-hydrogen) atoms. The standard InChI is InChI=1S/C71H115N17O27/c1-5-36(2)56(86-50(92)31-74)69(111)80-37(3)61(103)76-27-11-15-40(29-39-13-7-6-8-14-39)62(104)83-43(19-18-41(30-73)114-71-60(102)59(101)58(100)48(35-89)115-71)64(106)78-33-51(93)81-45(21-24-54(96)97)66(108)84-44(20-23-49(75)91)65(107)79-34-53(95)88-28-12-17-47(88)68(110)85-42(16-9-10-26-72)63(105)77-32-52(94)82-46(22-25-55(98)99)67(109)87-57(38(4)90)70(112)113/h6-8,13-14,36-38,40-48,56-60,71,89-90,100-102H,5,9-12,15-35,72-74H2,1-4H3,(H2,75,91)(H,76,103)(H,77,105)(H,78,106)(H,79,107)(H,80,111)(H,81,93)(H,82,94)(H,83,104)(H,84,108)(H,85,110)(H,86,92)(H,87,109)(H,96,97)(H,98,99)(H,112,113)/t36-,37-,38+,40-,41+,42-,43?,44-,45-,46-,47-,48+,56-,57-,58-,59-,60+,71+/m0/s1. The van der Waals surface area contributed by atoms with Gasteiger partial charge in [-0.25, -0.2) is 4.79 Å². The normalized spacial score (nSPS) is 19.6. The van der Waals surface area contributed by atoms with E-state index in [0.717, 1.165) is 11.8 Å². The summed E-state index contributed by atoms with van der Waals surface area (Å²) in [5, 5.41) is 109. The molecule has 0 aliphatic carbocycles. The van der Waals surface area contributed by atoms with Crippen LogP contribution in [0, 0.1) is 11.8 Å². The van der Waals surface area contributed by atoms with Gasteiger partial charge in [0.25, 0.3) is 0 Å². The van der Waals surface area contributed by atoms with Gasteiger partial charge in [-0.2, -0.15) is 0 Å². The minimum Gasteiger partial charge on any atom is -0.481 e. The van der Waals surface area contributed by atoms with Gasteiger partial charge in [0.1, 0.15) is 72.8 Å². The third-order valence-electron chi connectivity index (χ3n) is 19.0. The fourth-order valence-corrected chi connectivity index (χ4v) is 12.1. The van der Waals surface area contributed by atoms with E-state index in [0.29, 0.717) is 18.4 Å². The van der Waals surface area contributed by atoms with E-state index in [1.807, 2.05) is 12.2 Å². The molecule has 2 saturated heterocycles. The molecule has 2 aliphatic heterocycles. The Morgan fingerprint density at radius 1 is 0.557 bits per heavy atom. The number of rotatable bonds is 54. The second-order valence-corrected chi connectivity index (χ2v) is 28.0. The number of primary amides is 1. The molecule has 3 rings (SSSR count). The Morgan fingerprint density at radius 2 is 1.10 bits per heavy atom. The van der Waals surface area contributed by atoms with Crippen LogP contribution in [0.4, 0.5) is 0 Å². The van der Waals surface area contributed by atoms with Crippen LogP contribution in [0.2, 0.25) is 0 Å². The Morgan fingerprint density at radius 3 is 1.63 bits per heavy atom. The molecule has 0 spiro atoms. The third-order valence-corrected chi connectivity index (χ3v) is 19.0. The van der Waals surface area contributed by atoms with E-state index >= 15 is 0 Å². The van der Waals surface area contributed by atoms with Crippen LogP contribution in [0.3, 0.4) is 0 Å². The molecule has 0 bridgehead atoms. The van der Waals surface area contributed by atoms with Crippen LogP contribution in [0.15, 0.2) is 30.3 Å². The number of carboxylic acid groups (broad SMARTS) is 3. The molecular formula is C71H115N17O27. The Hall–Kier alpha value is -10.2. The fourth-order valence-electron chi connectivity index (χ4n) is 12.1. The number of nitrogens with one attached hydrogen (secondary N) is 12. The first-order valence-corrected chi connectivity index (χ1v) is 37.9. The van der Waals surface area contributed by atoms with Crippen LogP contribution in [0.1, 0.15) is 136 Å². The number of hydrogen-bond donors (Lipinski definition) is 24. The Bertz CT molecular complexity index is 3430. The molecule has 0 radical (unpaired) electrons. The lowest BCUT2D eigenvalue weighted by molar-refractivity contribution is -0.310. The van der Waals surface area contributed by atoms with Gasteiger partial charge in [0.15, 0.2) is 12.3 Å². The van der Waals surface area contributed by atoms with Crippen molar-refractivity contribution in [3.63, 3.8) is 0 Å². The largest absolute Gasteiger partial charge is 0.481 e. The van der Waals surface area contributed by atoms with Gasteiger partial charge in [-0.3, -0.25) is 76.7 Å². The number of unbranched alkanes of at least 4 members (excludes halogenated alkanes) is 1.